The molecule has 1 rings (SSSR count). The average Bonchev–Trinajstić information content (AvgIpc) is 2.19. The molecule has 1 heterocycles. The molecule has 0 bridgehead atoms. The minimum absolute atomic E-state index is 0.165. The molecule has 0 aromatic heterocycles. The third-order valence-electron chi connectivity index (χ3n) is 2.32. The molecular weight excluding hydrogens is 168 g/mol. The van der Waals surface area contributed by atoms with Crippen LogP contribution in [0.2, 0.25) is 0 Å². The van der Waals surface area contributed by atoms with E-state index in [4.69, 9.17) is 9.47 Å². The lowest BCUT2D eigenvalue weighted by Gasteiger charge is -2.33. The van der Waals surface area contributed by atoms with E-state index in [2.05, 4.69) is 6.58 Å². The van der Waals surface area contributed by atoms with E-state index in [0.29, 0.717) is 19.6 Å². The highest BCUT2D eigenvalue weighted by Crippen LogP contribution is 2.26. The van der Waals surface area contributed by atoms with Crippen molar-refractivity contribution >= 4 is 5.97 Å². The van der Waals surface area contributed by atoms with Gasteiger partial charge in [-0.2, -0.15) is 0 Å². The highest BCUT2D eigenvalue weighted by molar-refractivity contribution is 5.69. The van der Waals surface area contributed by atoms with Crippen LogP contribution in [-0.4, -0.2) is 24.8 Å². The van der Waals surface area contributed by atoms with E-state index in [9.17, 15) is 4.79 Å². The number of rotatable bonds is 3. The Kier molecular flexibility index (Phi) is 3.48. The Morgan fingerprint density at radius 1 is 1.62 bits per heavy atom. The van der Waals surface area contributed by atoms with Crippen LogP contribution in [0.5, 0.6) is 0 Å². The summed E-state index contributed by atoms with van der Waals surface area (Å²) in [5, 5.41) is 0. The van der Waals surface area contributed by atoms with Crippen molar-refractivity contribution in [3.8, 4) is 0 Å². The zero-order chi connectivity index (χ0) is 9.73. The van der Waals surface area contributed by atoms with Gasteiger partial charge in [0, 0.05) is 19.3 Å². The Bertz CT molecular complexity index is 192. The predicted molar refractivity (Wildman–Crippen MR) is 49.4 cm³/mol. The van der Waals surface area contributed by atoms with Crippen LogP contribution in [0, 0.1) is 0 Å². The van der Waals surface area contributed by atoms with Gasteiger partial charge in [0.25, 0.3) is 0 Å². The molecular formula is C10H16O3. The first-order valence-electron chi connectivity index (χ1n) is 4.65. The van der Waals surface area contributed by atoms with Crippen LogP contribution in [0.1, 0.15) is 26.2 Å². The van der Waals surface area contributed by atoms with Crippen molar-refractivity contribution in [3.63, 3.8) is 0 Å². The van der Waals surface area contributed by atoms with Gasteiger partial charge >= 0.3 is 5.97 Å². The first kappa shape index (κ1) is 10.3. The molecule has 1 aliphatic rings. The van der Waals surface area contributed by atoms with Gasteiger partial charge < -0.3 is 9.47 Å². The second-order valence-electron chi connectivity index (χ2n) is 3.21. The highest BCUT2D eigenvalue weighted by Gasteiger charge is 2.32. The van der Waals surface area contributed by atoms with E-state index < -0.39 is 5.60 Å². The Balaban J connectivity index is 2.57. The van der Waals surface area contributed by atoms with E-state index in [1.165, 1.54) is 0 Å². The van der Waals surface area contributed by atoms with Crippen molar-refractivity contribution in [1.82, 2.24) is 0 Å². The molecule has 0 amide bonds. The van der Waals surface area contributed by atoms with Crippen molar-refractivity contribution in [2.24, 2.45) is 0 Å². The smallest absolute Gasteiger partial charge is 0.306 e. The number of ether oxygens (including phenoxy) is 2. The molecule has 0 N–H and O–H groups in total. The molecule has 1 fully saturated rings. The number of hydrogen-bond acceptors (Lipinski definition) is 3. The maximum atomic E-state index is 11.1. The van der Waals surface area contributed by atoms with E-state index in [-0.39, 0.29) is 5.97 Å². The van der Waals surface area contributed by atoms with Crippen molar-refractivity contribution < 1.29 is 14.3 Å². The summed E-state index contributed by atoms with van der Waals surface area (Å²) in [6, 6.07) is 0. The van der Waals surface area contributed by atoms with Gasteiger partial charge in [0.2, 0.25) is 0 Å². The first-order valence-corrected chi connectivity index (χ1v) is 4.65. The fraction of sp³-hybridized carbons (Fsp3) is 0.700. The molecule has 1 aliphatic heterocycles. The van der Waals surface area contributed by atoms with Crippen molar-refractivity contribution in [1.29, 1.82) is 0 Å². The summed E-state index contributed by atoms with van der Waals surface area (Å²) in [5.74, 6) is -0.165. The van der Waals surface area contributed by atoms with Crippen LogP contribution < -0.4 is 0 Å². The normalized spacial score (nSPS) is 20.7. The molecule has 0 aromatic rings. The number of carbonyl (C=O) groups is 1. The SMILES string of the molecule is C=CC1(OC(=O)CC)CCOCC1. The van der Waals surface area contributed by atoms with Crippen molar-refractivity contribution in [3.05, 3.63) is 12.7 Å². The molecule has 0 spiro atoms. The van der Waals surface area contributed by atoms with Gasteiger partial charge in [0.1, 0.15) is 5.60 Å². The molecule has 0 radical (unpaired) electrons. The zero-order valence-electron chi connectivity index (χ0n) is 8.04. The van der Waals surface area contributed by atoms with E-state index in [0.717, 1.165) is 12.8 Å². The summed E-state index contributed by atoms with van der Waals surface area (Å²) in [5.41, 5.74) is -0.467. The van der Waals surface area contributed by atoms with Crippen molar-refractivity contribution in [2.45, 2.75) is 31.8 Å². The van der Waals surface area contributed by atoms with Gasteiger partial charge in [-0.05, 0) is 6.08 Å². The molecule has 0 saturated carbocycles. The molecule has 74 valence electrons. The van der Waals surface area contributed by atoms with Gasteiger partial charge in [-0.15, -0.1) is 0 Å². The van der Waals surface area contributed by atoms with Gasteiger partial charge in [0.05, 0.1) is 13.2 Å². The lowest BCUT2D eigenvalue weighted by molar-refractivity contribution is -0.161. The third kappa shape index (κ3) is 2.56. The standard InChI is InChI=1S/C10H16O3/c1-3-9(11)13-10(4-2)5-7-12-8-6-10/h4H,2-3,5-8H2,1H3. The van der Waals surface area contributed by atoms with Crippen LogP contribution in [0.4, 0.5) is 0 Å². The molecule has 0 atom stereocenters. The second kappa shape index (κ2) is 4.42. The Labute approximate surface area is 78.7 Å². The van der Waals surface area contributed by atoms with Crippen LogP contribution >= 0.6 is 0 Å². The molecule has 1 saturated heterocycles. The Morgan fingerprint density at radius 2 is 2.23 bits per heavy atom. The van der Waals surface area contributed by atoms with Gasteiger partial charge in [0.15, 0.2) is 0 Å². The molecule has 0 unspecified atom stereocenters. The maximum Gasteiger partial charge on any atom is 0.306 e. The first-order chi connectivity index (χ1) is 6.22. The second-order valence-corrected chi connectivity index (χ2v) is 3.21. The summed E-state index contributed by atoms with van der Waals surface area (Å²) in [6.45, 7) is 6.78. The van der Waals surface area contributed by atoms with Crippen LogP contribution in [0.3, 0.4) is 0 Å². The topological polar surface area (TPSA) is 35.5 Å². The Morgan fingerprint density at radius 3 is 2.69 bits per heavy atom. The highest BCUT2D eigenvalue weighted by atomic mass is 16.6. The molecule has 13 heavy (non-hydrogen) atoms. The fourth-order valence-electron chi connectivity index (χ4n) is 1.36. The summed E-state index contributed by atoms with van der Waals surface area (Å²) < 4.78 is 10.5. The summed E-state index contributed by atoms with van der Waals surface area (Å²) in [7, 11) is 0. The van der Waals surface area contributed by atoms with Crippen LogP contribution in [0.15, 0.2) is 12.7 Å². The van der Waals surface area contributed by atoms with E-state index in [1.807, 2.05) is 0 Å². The van der Waals surface area contributed by atoms with Gasteiger partial charge in [-0.25, -0.2) is 0 Å². The summed E-state index contributed by atoms with van der Waals surface area (Å²) in [6.07, 6.45) is 3.59. The van der Waals surface area contributed by atoms with E-state index >= 15 is 0 Å². The molecule has 0 aliphatic carbocycles. The lowest BCUT2D eigenvalue weighted by Crippen LogP contribution is -2.38. The number of hydrogen-bond donors (Lipinski definition) is 0. The predicted octanol–water partition coefficient (Wildman–Crippen LogP) is 1.67. The molecule has 3 heteroatoms. The fourth-order valence-corrected chi connectivity index (χ4v) is 1.36. The Hall–Kier alpha value is -0.830. The summed E-state index contributed by atoms with van der Waals surface area (Å²) >= 11 is 0. The number of carbonyl (C=O) groups excluding carboxylic acids is 1. The quantitative estimate of drug-likeness (QED) is 0.494. The van der Waals surface area contributed by atoms with Gasteiger partial charge in [-0.1, -0.05) is 13.5 Å². The maximum absolute atomic E-state index is 11.1. The monoisotopic (exact) mass is 184 g/mol. The largest absolute Gasteiger partial charge is 0.455 e. The average molecular weight is 184 g/mol. The van der Waals surface area contributed by atoms with Gasteiger partial charge in [-0.3, -0.25) is 4.79 Å². The molecule has 3 nitrogen and oxygen atoms in total. The summed E-state index contributed by atoms with van der Waals surface area (Å²) in [4.78, 5) is 11.1. The molecule has 0 aromatic carbocycles. The lowest BCUT2D eigenvalue weighted by atomic mass is 9.94. The van der Waals surface area contributed by atoms with E-state index in [1.54, 1.807) is 13.0 Å². The number of esters is 1. The third-order valence-corrected chi connectivity index (χ3v) is 2.32. The minimum atomic E-state index is -0.467. The van der Waals surface area contributed by atoms with Crippen molar-refractivity contribution in [2.75, 3.05) is 13.2 Å². The minimum Gasteiger partial charge on any atom is -0.455 e. The zero-order valence-corrected chi connectivity index (χ0v) is 8.04. The van der Waals surface area contributed by atoms with Crippen LogP contribution in [-0.2, 0) is 14.3 Å². The van der Waals surface area contributed by atoms with Crippen LogP contribution in [0.25, 0.3) is 0 Å².